The van der Waals surface area contributed by atoms with Crippen LogP contribution in [0.15, 0.2) is 30.3 Å². The van der Waals surface area contributed by atoms with Gasteiger partial charge in [0.1, 0.15) is 5.75 Å². The van der Waals surface area contributed by atoms with E-state index in [2.05, 4.69) is 5.32 Å². The van der Waals surface area contributed by atoms with Crippen molar-refractivity contribution in [2.75, 3.05) is 26.2 Å². The molecule has 1 heterocycles. The van der Waals surface area contributed by atoms with Gasteiger partial charge in [-0.2, -0.15) is 5.26 Å². The van der Waals surface area contributed by atoms with Crippen molar-refractivity contribution in [1.29, 1.82) is 5.26 Å². The number of rotatable bonds is 2. The van der Waals surface area contributed by atoms with Crippen molar-refractivity contribution in [3.8, 4) is 11.8 Å². The molecule has 19 heavy (non-hydrogen) atoms. The molecule has 1 aromatic carbocycles. The van der Waals surface area contributed by atoms with E-state index in [4.69, 9.17) is 5.26 Å². The smallest absolute Gasteiger partial charge is 0.247 e. The summed E-state index contributed by atoms with van der Waals surface area (Å²) >= 11 is 0. The highest BCUT2D eigenvalue weighted by molar-refractivity contribution is 5.98. The van der Waals surface area contributed by atoms with Crippen LogP contribution in [0.4, 0.5) is 0 Å². The van der Waals surface area contributed by atoms with Crippen LogP contribution in [0.5, 0.6) is 5.75 Å². The van der Waals surface area contributed by atoms with Crippen LogP contribution < -0.4 is 5.32 Å². The number of carbonyl (C=O) groups excluding carboxylic acids is 1. The molecule has 98 valence electrons. The Morgan fingerprint density at radius 1 is 1.32 bits per heavy atom. The molecule has 1 aliphatic heterocycles. The van der Waals surface area contributed by atoms with Gasteiger partial charge < -0.3 is 15.3 Å². The average Bonchev–Trinajstić information content (AvgIpc) is 2.46. The standard InChI is InChI=1S/C14H15N3O2/c15-10-12(11-1-3-13(18)4-2-11)9-14(19)17-7-5-16-6-8-17/h1-4,9,16,18H,5-8H2/b12-9-. The molecule has 2 N–H and O–H groups in total. The number of amides is 1. The number of hydrogen-bond donors (Lipinski definition) is 2. The zero-order valence-corrected chi connectivity index (χ0v) is 10.5. The number of nitrogens with zero attached hydrogens (tertiary/aromatic N) is 2. The summed E-state index contributed by atoms with van der Waals surface area (Å²) in [5.41, 5.74) is 0.937. The number of nitrogens with one attached hydrogen (secondary N) is 1. The molecule has 5 heteroatoms. The van der Waals surface area contributed by atoms with E-state index < -0.39 is 0 Å². The lowest BCUT2D eigenvalue weighted by Gasteiger charge is -2.26. The van der Waals surface area contributed by atoms with Crippen LogP contribution >= 0.6 is 0 Å². The summed E-state index contributed by atoms with van der Waals surface area (Å²) in [6.07, 6.45) is 1.36. The second-order valence-electron chi connectivity index (χ2n) is 4.29. The minimum Gasteiger partial charge on any atom is -0.508 e. The van der Waals surface area contributed by atoms with Gasteiger partial charge in [-0.05, 0) is 29.8 Å². The van der Waals surface area contributed by atoms with E-state index in [1.807, 2.05) is 6.07 Å². The van der Waals surface area contributed by atoms with Gasteiger partial charge in [0, 0.05) is 32.3 Å². The largest absolute Gasteiger partial charge is 0.508 e. The fourth-order valence-corrected chi connectivity index (χ4v) is 1.92. The predicted molar refractivity (Wildman–Crippen MR) is 71.1 cm³/mol. The summed E-state index contributed by atoms with van der Waals surface area (Å²) in [4.78, 5) is 13.7. The Labute approximate surface area is 111 Å². The van der Waals surface area contributed by atoms with Gasteiger partial charge in [0.25, 0.3) is 0 Å². The number of phenolic OH excluding ortho intramolecular Hbond substituents is 1. The maximum atomic E-state index is 12.0. The number of hydrogen-bond acceptors (Lipinski definition) is 4. The zero-order chi connectivity index (χ0) is 13.7. The molecule has 0 bridgehead atoms. The SMILES string of the molecule is N#C/C(=C/C(=O)N1CCNCC1)c1ccc(O)cc1. The molecule has 0 aliphatic carbocycles. The summed E-state index contributed by atoms with van der Waals surface area (Å²) in [7, 11) is 0. The molecule has 0 aromatic heterocycles. The molecule has 1 saturated heterocycles. The van der Waals surface area contributed by atoms with Crippen LogP contribution in [0, 0.1) is 11.3 Å². The first-order valence-electron chi connectivity index (χ1n) is 6.11. The van der Waals surface area contributed by atoms with E-state index in [0.717, 1.165) is 13.1 Å². The summed E-state index contributed by atoms with van der Waals surface area (Å²) in [5.74, 6) is -0.0133. The maximum absolute atomic E-state index is 12.0. The Hall–Kier alpha value is -2.32. The molecule has 1 amide bonds. The number of nitriles is 1. The highest BCUT2D eigenvalue weighted by atomic mass is 16.3. The Morgan fingerprint density at radius 3 is 2.53 bits per heavy atom. The van der Waals surface area contributed by atoms with Crippen molar-refractivity contribution in [2.45, 2.75) is 0 Å². The average molecular weight is 257 g/mol. The number of piperazine rings is 1. The summed E-state index contributed by atoms with van der Waals surface area (Å²) in [6.45, 7) is 2.87. The molecular weight excluding hydrogens is 242 g/mol. The fraction of sp³-hybridized carbons (Fsp3) is 0.286. The monoisotopic (exact) mass is 257 g/mol. The van der Waals surface area contributed by atoms with Crippen molar-refractivity contribution in [3.05, 3.63) is 35.9 Å². The third-order valence-electron chi connectivity index (χ3n) is 3.00. The highest BCUT2D eigenvalue weighted by Gasteiger charge is 2.15. The van der Waals surface area contributed by atoms with Gasteiger partial charge in [-0.1, -0.05) is 0 Å². The summed E-state index contributed by atoms with van der Waals surface area (Å²) in [6, 6.07) is 8.26. The number of phenols is 1. The molecule has 2 rings (SSSR count). The van der Waals surface area contributed by atoms with Crippen molar-refractivity contribution in [2.24, 2.45) is 0 Å². The summed E-state index contributed by atoms with van der Waals surface area (Å²) < 4.78 is 0. The minimum atomic E-state index is -0.147. The van der Waals surface area contributed by atoms with E-state index in [1.54, 1.807) is 17.0 Å². The molecule has 1 aromatic rings. The first kappa shape index (κ1) is 13.1. The summed E-state index contributed by atoms with van der Waals surface area (Å²) in [5, 5.41) is 21.5. The molecule has 5 nitrogen and oxygen atoms in total. The molecule has 0 unspecified atom stereocenters. The first-order valence-corrected chi connectivity index (χ1v) is 6.11. The van der Waals surface area contributed by atoms with Crippen LogP contribution in [-0.2, 0) is 4.79 Å². The van der Waals surface area contributed by atoms with Crippen molar-refractivity contribution >= 4 is 11.5 Å². The lowest BCUT2D eigenvalue weighted by Crippen LogP contribution is -2.45. The minimum absolute atomic E-state index is 0.134. The van der Waals surface area contributed by atoms with Gasteiger partial charge >= 0.3 is 0 Å². The van der Waals surface area contributed by atoms with E-state index in [-0.39, 0.29) is 11.7 Å². The van der Waals surface area contributed by atoms with Gasteiger partial charge in [-0.15, -0.1) is 0 Å². The molecule has 1 aliphatic rings. The predicted octanol–water partition coefficient (Wildman–Crippen LogP) is 0.731. The van der Waals surface area contributed by atoms with Gasteiger partial charge in [0.15, 0.2) is 0 Å². The second kappa shape index (κ2) is 6.03. The third-order valence-corrected chi connectivity index (χ3v) is 3.00. The fourth-order valence-electron chi connectivity index (χ4n) is 1.92. The van der Waals surface area contributed by atoms with E-state index in [9.17, 15) is 9.90 Å². The normalized spacial score (nSPS) is 15.9. The molecule has 0 atom stereocenters. The lowest BCUT2D eigenvalue weighted by molar-refractivity contribution is -0.126. The quantitative estimate of drug-likeness (QED) is 0.605. The topological polar surface area (TPSA) is 76.4 Å². The Balaban J connectivity index is 2.16. The van der Waals surface area contributed by atoms with Crippen molar-refractivity contribution < 1.29 is 9.90 Å². The van der Waals surface area contributed by atoms with Crippen LogP contribution in [0.2, 0.25) is 0 Å². The van der Waals surface area contributed by atoms with Crippen LogP contribution in [-0.4, -0.2) is 42.1 Å². The highest BCUT2D eigenvalue weighted by Crippen LogP contribution is 2.17. The van der Waals surface area contributed by atoms with Gasteiger partial charge in [-0.3, -0.25) is 4.79 Å². The molecule has 0 radical (unpaired) electrons. The van der Waals surface area contributed by atoms with Crippen LogP contribution in [0.1, 0.15) is 5.56 Å². The van der Waals surface area contributed by atoms with Gasteiger partial charge in [0.05, 0.1) is 11.6 Å². The second-order valence-corrected chi connectivity index (χ2v) is 4.29. The lowest BCUT2D eigenvalue weighted by atomic mass is 10.1. The molecular formula is C14H15N3O2. The van der Waals surface area contributed by atoms with Gasteiger partial charge in [-0.25, -0.2) is 0 Å². The number of aromatic hydroxyl groups is 1. The zero-order valence-electron chi connectivity index (χ0n) is 10.5. The number of benzene rings is 1. The molecule has 1 fully saturated rings. The number of carbonyl (C=O) groups is 1. The Morgan fingerprint density at radius 2 is 1.95 bits per heavy atom. The van der Waals surface area contributed by atoms with Crippen molar-refractivity contribution in [1.82, 2.24) is 10.2 Å². The maximum Gasteiger partial charge on any atom is 0.247 e. The Kier molecular flexibility index (Phi) is 4.16. The third kappa shape index (κ3) is 3.33. The first-order chi connectivity index (χ1) is 9.20. The molecule has 0 saturated carbocycles. The van der Waals surface area contributed by atoms with Gasteiger partial charge in [0.2, 0.25) is 5.91 Å². The van der Waals surface area contributed by atoms with Crippen LogP contribution in [0.3, 0.4) is 0 Å². The van der Waals surface area contributed by atoms with E-state index >= 15 is 0 Å². The van der Waals surface area contributed by atoms with E-state index in [1.165, 1.54) is 18.2 Å². The Bertz CT molecular complexity index is 523. The van der Waals surface area contributed by atoms with E-state index in [0.29, 0.717) is 24.2 Å². The van der Waals surface area contributed by atoms with Crippen LogP contribution in [0.25, 0.3) is 5.57 Å². The molecule has 0 spiro atoms. The van der Waals surface area contributed by atoms with Crippen molar-refractivity contribution in [3.63, 3.8) is 0 Å². The number of allylic oxidation sites excluding steroid dienone is 1.